The standard InChI is InChI=1S/C31H48N4O2/c1-30(2,3)37-29(36)33-20-12-13-24(23-33)28-32-26-14-8-9-15-27(26)35(28)25-16-21-34(22-17-25)31(4)18-10-6-5-7-11-19-31/h8-9,14-15,24-25H,5-7,10-13,16-23H2,1-4H3/t24-/m1/s1. The summed E-state index contributed by atoms with van der Waals surface area (Å²) in [5, 5.41) is 0. The Morgan fingerprint density at radius 3 is 2.32 bits per heavy atom. The van der Waals surface area contributed by atoms with Crippen molar-refractivity contribution in [2.75, 3.05) is 26.2 Å². The van der Waals surface area contributed by atoms with Gasteiger partial charge in [-0.15, -0.1) is 0 Å². The minimum Gasteiger partial charge on any atom is -0.444 e. The third kappa shape index (κ3) is 6.00. The summed E-state index contributed by atoms with van der Waals surface area (Å²) >= 11 is 0. The Hall–Kier alpha value is -2.08. The normalized spacial score (nSPS) is 24.5. The van der Waals surface area contributed by atoms with Crippen LogP contribution in [0.5, 0.6) is 0 Å². The number of fused-ring (bicyclic) bond motifs is 1. The van der Waals surface area contributed by atoms with E-state index in [1.807, 2.05) is 25.7 Å². The number of carbonyl (C=O) groups is 1. The Morgan fingerprint density at radius 2 is 1.62 bits per heavy atom. The zero-order valence-corrected chi connectivity index (χ0v) is 23.7. The largest absolute Gasteiger partial charge is 0.444 e. The number of likely N-dealkylation sites (tertiary alicyclic amines) is 2. The highest BCUT2D eigenvalue weighted by Crippen LogP contribution is 2.39. The molecule has 0 bridgehead atoms. The van der Waals surface area contributed by atoms with E-state index >= 15 is 0 Å². The molecule has 5 rings (SSSR count). The van der Waals surface area contributed by atoms with Crippen molar-refractivity contribution in [3.05, 3.63) is 30.1 Å². The van der Waals surface area contributed by atoms with Gasteiger partial charge in [0.05, 0.1) is 11.0 Å². The lowest BCUT2D eigenvalue weighted by Gasteiger charge is -2.46. The van der Waals surface area contributed by atoms with E-state index < -0.39 is 5.60 Å². The van der Waals surface area contributed by atoms with Crippen LogP contribution in [0.15, 0.2) is 24.3 Å². The number of benzene rings is 1. The molecule has 6 heteroatoms. The third-order valence-electron chi connectivity index (χ3n) is 9.09. The lowest BCUT2D eigenvalue weighted by atomic mass is 9.82. The van der Waals surface area contributed by atoms with Crippen LogP contribution in [-0.4, -0.2) is 62.8 Å². The Kier molecular flexibility index (Phi) is 7.86. The van der Waals surface area contributed by atoms with Gasteiger partial charge in [-0.05, 0) is 78.4 Å². The van der Waals surface area contributed by atoms with Crippen molar-refractivity contribution >= 4 is 17.1 Å². The number of nitrogens with zero attached hydrogens (tertiary/aromatic N) is 4. The van der Waals surface area contributed by atoms with Crippen molar-refractivity contribution in [3.8, 4) is 0 Å². The van der Waals surface area contributed by atoms with Crippen LogP contribution in [0.3, 0.4) is 0 Å². The van der Waals surface area contributed by atoms with Gasteiger partial charge in [0.25, 0.3) is 0 Å². The summed E-state index contributed by atoms with van der Waals surface area (Å²) in [6.45, 7) is 12.1. The van der Waals surface area contributed by atoms with Gasteiger partial charge < -0.3 is 14.2 Å². The number of piperidine rings is 2. The van der Waals surface area contributed by atoms with E-state index in [0.717, 1.165) is 24.9 Å². The lowest BCUT2D eigenvalue weighted by Crippen LogP contribution is -2.50. The van der Waals surface area contributed by atoms with Gasteiger partial charge in [-0.2, -0.15) is 0 Å². The predicted octanol–water partition coefficient (Wildman–Crippen LogP) is 7.29. The van der Waals surface area contributed by atoms with Gasteiger partial charge in [0, 0.05) is 43.7 Å². The Morgan fingerprint density at radius 1 is 0.946 bits per heavy atom. The summed E-state index contributed by atoms with van der Waals surface area (Å²) in [6, 6.07) is 9.09. The van der Waals surface area contributed by atoms with E-state index in [1.165, 1.54) is 82.2 Å². The molecule has 1 amide bonds. The van der Waals surface area contributed by atoms with E-state index in [0.29, 0.717) is 18.1 Å². The zero-order chi connectivity index (χ0) is 26.0. The van der Waals surface area contributed by atoms with Crippen molar-refractivity contribution in [1.29, 1.82) is 0 Å². The molecule has 3 heterocycles. The SMILES string of the molecule is CC(C)(C)OC(=O)N1CCC[C@@H](c2nc3ccccc3n2C2CCN(C3(C)CCCCCCC3)CC2)C1. The number of imidazole rings is 1. The van der Waals surface area contributed by atoms with E-state index in [4.69, 9.17) is 9.72 Å². The molecule has 3 aliphatic rings. The molecule has 1 saturated carbocycles. The molecule has 204 valence electrons. The highest BCUT2D eigenvalue weighted by atomic mass is 16.6. The molecule has 37 heavy (non-hydrogen) atoms. The fraction of sp³-hybridized carbons (Fsp3) is 0.742. The monoisotopic (exact) mass is 508 g/mol. The maximum Gasteiger partial charge on any atom is 0.410 e. The molecule has 1 atom stereocenters. The number of ether oxygens (including phenoxy) is 1. The van der Waals surface area contributed by atoms with Crippen LogP contribution in [0, 0.1) is 0 Å². The van der Waals surface area contributed by atoms with Gasteiger partial charge in [-0.3, -0.25) is 4.90 Å². The van der Waals surface area contributed by atoms with E-state index in [2.05, 4.69) is 40.7 Å². The molecule has 1 aromatic heterocycles. The van der Waals surface area contributed by atoms with Crippen LogP contribution in [0.1, 0.15) is 116 Å². The molecule has 2 saturated heterocycles. The molecule has 1 aromatic carbocycles. The van der Waals surface area contributed by atoms with Crippen molar-refractivity contribution in [2.24, 2.45) is 0 Å². The van der Waals surface area contributed by atoms with Crippen molar-refractivity contribution in [2.45, 2.75) is 121 Å². The zero-order valence-electron chi connectivity index (χ0n) is 23.7. The average molecular weight is 509 g/mol. The molecule has 0 radical (unpaired) electrons. The molecule has 3 fully saturated rings. The fourth-order valence-corrected chi connectivity index (χ4v) is 7.06. The second-order valence-electron chi connectivity index (χ2n) is 13.1. The summed E-state index contributed by atoms with van der Waals surface area (Å²) in [7, 11) is 0. The van der Waals surface area contributed by atoms with Gasteiger partial charge in [-0.25, -0.2) is 9.78 Å². The van der Waals surface area contributed by atoms with Crippen molar-refractivity contribution in [1.82, 2.24) is 19.4 Å². The van der Waals surface area contributed by atoms with Crippen molar-refractivity contribution < 1.29 is 9.53 Å². The molecule has 0 spiro atoms. The topological polar surface area (TPSA) is 50.6 Å². The first-order chi connectivity index (χ1) is 17.7. The highest BCUT2D eigenvalue weighted by molar-refractivity contribution is 5.76. The first kappa shape index (κ1) is 26.5. The minimum atomic E-state index is -0.474. The second-order valence-corrected chi connectivity index (χ2v) is 13.1. The number of aromatic nitrogens is 2. The van der Waals surface area contributed by atoms with Crippen LogP contribution in [0.2, 0.25) is 0 Å². The second kappa shape index (κ2) is 11.0. The number of hydrogen-bond donors (Lipinski definition) is 0. The number of hydrogen-bond acceptors (Lipinski definition) is 4. The Bertz CT molecular complexity index is 1050. The molecule has 0 N–H and O–H groups in total. The number of rotatable bonds is 3. The summed E-state index contributed by atoms with van der Waals surface area (Å²) < 4.78 is 8.28. The van der Waals surface area contributed by atoms with Crippen LogP contribution in [0.4, 0.5) is 4.79 Å². The van der Waals surface area contributed by atoms with Crippen molar-refractivity contribution in [3.63, 3.8) is 0 Å². The van der Waals surface area contributed by atoms with Crippen LogP contribution in [-0.2, 0) is 4.74 Å². The maximum atomic E-state index is 12.9. The first-order valence-electron chi connectivity index (χ1n) is 14.9. The molecule has 2 aromatic rings. The lowest BCUT2D eigenvalue weighted by molar-refractivity contribution is 0.0192. The van der Waals surface area contributed by atoms with Gasteiger partial charge in [0.2, 0.25) is 0 Å². The molecule has 1 aliphatic carbocycles. The first-order valence-corrected chi connectivity index (χ1v) is 14.9. The Labute approximate surface area is 223 Å². The number of para-hydroxylation sites is 2. The molecule has 6 nitrogen and oxygen atoms in total. The fourth-order valence-electron chi connectivity index (χ4n) is 7.06. The maximum absolute atomic E-state index is 12.9. The number of carbonyl (C=O) groups excluding carboxylic acids is 1. The van der Waals surface area contributed by atoms with Crippen LogP contribution >= 0.6 is 0 Å². The summed E-state index contributed by atoms with van der Waals surface area (Å²) in [5.41, 5.74) is 2.23. The van der Waals surface area contributed by atoms with E-state index in [9.17, 15) is 4.79 Å². The summed E-state index contributed by atoms with van der Waals surface area (Å²) in [5.74, 6) is 1.42. The van der Waals surface area contributed by atoms with Gasteiger partial charge in [0.15, 0.2) is 0 Å². The summed E-state index contributed by atoms with van der Waals surface area (Å²) in [6.07, 6.45) is 13.9. The average Bonchev–Trinajstić information content (AvgIpc) is 3.25. The molecule has 2 aliphatic heterocycles. The smallest absolute Gasteiger partial charge is 0.410 e. The van der Waals surface area contributed by atoms with Gasteiger partial charge in [-0.1, -0.05) is 44.2 Å². The minimum absolute atomic E-state index is 0.194. The molecular weight excluding hydrogens is 460 g/mol. The van der Waals surface area contributed by atoms with E-state index in [-0.39, 0.29) is 12.0 Å². The summed E-state index contributed by atoms with van der Waals surface area (Å²) in [4.78, 5) is 22.8. The molecule has 0 unspecified atom stereocenters. The molecular formula is C31H48N4O2. The quantitative estimate of drug-likeness (QED) is 0.437. The van der Waals surface area contributed by atoms with Gasteiger partial charge >= 0.3 is 6.09 Å². The van der Waals surface area contributed by atoms with Crippen LogP contribution in [0.25, 0.3) is 11.0 Å². The Balaban J connectivity index is 1.35. The third-order valence-corrected chi connectivity index (χ3v) is 9.09. The number of amides is 1. The van der Waals surface area contributed by atoms with Gasteiger partial charge in [0.1, 0.15) is 11.4 Å². The van der Waals surface area contributed by atoms with Crippen LogP contribution < -0.4 is 0 Å². The highest BCUT2D eigenvalue weighted by Gasteiger charge is 2.37. The predicted molar refractivity (Wildman–Crippen MR) is 150 cm³/mol. The van der Waals surface area contributed by atoms with E-state index in [1.54, 1.807) is 0 Å².